The summed E-state index contributed by atoms with van der Waals surface area (Å²) in [6.45, 7) is 13.1. The molecule has 1 fully saturated rings. The van der Waals surface area contributed by atoms with Crippen LogP contribution in [0.1, 0.15) is 58.6 Å². The summed E-state index contributed by atoms with van der Waals surface area (Å²) in [6, 6.07) is 10.5. The third kappa shape index (κ3) is 6.00. The maximum absolute atomic E-state index is 12.9. The number of amidine groups is 1. The fourth-order valence-corrected chi connectivity index (χ4v) is 4.13. The molecule has 0 unspecified atom stereocenters. The number of rotatable bonds is 3. The first-order valence-electron chi connectivity index (χ1n) is 10.2. The minimum Gasteiger partial charge on any atom is -0.305 e. The summed E-state index contributed by atoms with van der Waals surface area (Å²) in [4.78, 5) is 10.9. The fraction of sp³-hybridized carbons (Fsp3) is 0.478. The van der Waals surface area contributed by atoms with Crippen molar-refractivity contribution in [2.24, 2.45) is 10.4 Å². The lowest BCUT2D eigenvalue weighted by molar-refractivity contribution is -0.137. The molecule has 0 amide bonds. The Kier molecular flexibility index (Phi) is 7.97. The molecule has 164 valence electrons. The molecule has 0 spiro atoms. The number of thioether (sulfide) groups is 1. The van der Waals surface area contributed by atoms with Crippen molar-refractivity contribution in [3.8, 4) is 0 Å². The number of aromatic nitrogens is 1. The first-order chi connectivity index (χ1) is 14.1. The highest BCUT2D eigenvalue weighted by atomic mass is 32.2. The van der Waals surface area contributed by atoms with Crippen molar-refractivity contribution in [1.82, 2.24) is 4.98 Å². The highest BCUT2D eigenvalue weighted by Crippen LogP contribution is 2.37. The Morgan fingerprint density at radius 1 is 1.10 bits per heavy atom. The SMILES string of the molecule is CC.CC(C)c1ccccc1N=C1SCC(C)(C)CN1c1ccc(C(F)(F)F)cn1. The van der Waals surface area contributed by atoms with Gasteiger partial charge in [-0.3, -0.25) is 0 Å². The van der Waals surface area contributed by atoms with E-state index in [0.29, 0.717) is 18.3 Å². The summed E-state index contributed by atoms with van der Waals surface area (Å²) in [6.07, 6.45) is -3.50. The van der Waals surface area contributed by atoms with Crippen molar-refractivity contribution in [3.63, 3.8) is 0 Å². The lowest BCUT2D eigenvalue weighted by Crippen LogP contribution is -2.44. The maximum Gasteiger partial charge on any atom is 0.417 e. The summed E-state index contributed by atoms with van der Waals surface area (Å²) in [5, 5.41) is 0.764. The second-order valence-corrected chi connectivity index (χ2v) is 8.99. The highest BCUT2D eigenvalue weighted by Gasteiger charge is 2.34. The molecule has 1 aliphatic rings. The third-order valence-corrected chi connectivity index (χ3v) is 6.03. The van der Waals surface area contributed by atoms with E-state index in [1.807, 2.05) is 36.9 Å². The van der Waals surface area contributed by atoms with Gasteiger partial charge in [-0.25, -0.2) is 9.98 Å². The number of nitrogens with zero attached hydrogens (tertiary/aromatic N) is 3. The number of hydrogen-bond donors (Lipinski definition) is 0. The van der Waals surface area contributed by atoms with Gasteiger partial charge in [-0.1, -0.05) is 71.5 Å². The Balaban J connectivity index is 0.00000155. The van der Waals surface area contributed by atoms with Crippen LogP contribution in [0.25, 0.3) is 0 Å². The smallest absolute Gasteiger partial charge is 0.305 e. The molecule has 3 nitrogen and oxygen atoms in total. The molecule has 1 aromatic carbocycles. The molecule has 0 atom stereocenters. The fourth-order valence-electron chi connectivity index (χ4n) is 3.04. The van der Waals surface area contributed by atoms with Crippen LogP contribution in [0.15, 0.2) is 47.6 Å². The van der Waals surface area contributed by atoms with Crippen LogP contribution in [0.5, 0.6) is 0 Å². The van der Waals surface area contributed by atoms with Crippen LogP contribution >= 0.6 is 11.8 Å². The van der Waals surface area contributed by atoms with Crippen LogP contribution in [0.4, 0.5) is 24.7 Å². The van der Waals surface area contributed by atoms with E-state index in [2.05, 4.69) is 38.7 Å². The molecule has 3 rings (SSSR count). The van der Waals surface area contributed by atoms with Crippen molar-refractivity contribution in [2.45, 2.75) is 53.6 Å². The van der Waals surface area contributed by atoms with Gasteiger partial charge in [0.15, 0.2) is 5.17 Å². The van der Waals surface area contributed by atoms with Gasteiger partial charge < -0.3 is 4.90 Å². The number of aliphatic imine (C=N–C) groups is 1. The summed E-state index contributed by atoms with van der Waals surface area (Å²) < 4.78 is 38.7. The molecule has 30 heavy (non-hydrogen) atoms. The number of anilines is 1. The second-order valence-electron chi connectivity index (χ2n) is 8.05. The van der Waals surface area contributed by atoms with Gasteiger partial charge in [-0.15, -0.1) is 0 Å². The van der Waals surface area contributed by atoms with Crippen LogP contribution in [0.2, 0.25) is 0 Å². The zero-order valence-corrected chi connectivity index (χ0v) is 19.2. The number of hydrogen-bond acceptors (Lipinski definition) is 3. The lowest BCUT2D eigenvalue weighted by Gasteiger charge is -2.38. The summed E-state index contributed by atoms with van der Waals surface area (Å²) in [7, 11) is 0. The Labute approximate surface area is 181 Å². The van der Waals surface area contributed by atoms with E-state index < -0.39 is 11.7 Å². The van der Waals surface area contributed by atoms with Crippen LogP contribution < -0.4 is 4.90 Å². The molecule has 1 saturated heterocycles. The van der Waals surface area contributed by atoms with E-state index in [1.165, 1.54) is 6.07 Å². The van der Waals surface area contributed by atoms with Crippen LogP contribution in [-0.4, -0.2) is 22.4 Å². The maximum atomic E-state index is 12.9. The Morgan fingerprint density at radius 3 is 2.33 bits per heavy atom. The van der Waals surface area contributed by atoms with Crippen molar-refractivity contribution in [2.75, 3.05) is 17.2 Å². The van der Waals surface area contributed by atoms with Gasteiger partial charge in [0.1, 0.15) is 5.82 Å². The van der Waals surface area contributed by atoms with Gasteiger partial charge in [0.2, 0.25) is 0 Å². The second kappa shape index (κ2) is 9.86. The molecule has 1 aliphatic heterocycles. The van der Waals surface area contributed by atoms with Gasteiger partial charge >= 0.3 is 6.18 Å². The summed E-state index contributed by atoms with van der Waals surface area (Å²) in [5.41, 5.74) is 1.27. The minimum absolute atomic E-state index is 0.00830. The molecule has 0 radical (unpaired) electrons. The quantitative estimate of drug-likeness (QED) is 0.497. The van der Waals surface area contributed by atoms with Gasteiger partial charge in [0, 0.05) is 18.5 Å². The van der Waals surface area contributed by atoms with Crippen LogP contribution in [-0.2, 0) is 6.18 Å². The molecule has 2 aromatic rings. The molecule has 1 aromatic heterocycles. The summed E-state index contributed by atoms with van der Waals surface area (Å²) in [5.74, 6) is 1.68. The predicted molar refractivity (Wildman–Crippen MR) is 122 cm³/mol. The number of benzene rings is 1. The zero-order chi connectivity index (χ0) is 22.5. The number of halogens is 3. The molecule has 0 N–H and O–H groups in total. The molecular formula is C23H30F3N3S. The first-order valence-corrected chi connectivity index (χ1v) is 11.2. The normalized spacial score (nSPS) is 17.7. The standard InChI is InChI=1S/C21H24F3N3S.C2H6/c1-14(2)16-7-5-6-8-17(16)26-19-27(12-20(3,4)13-28-19)18-10-9-15(11-25-18)21(22,23)24;1-2/h5-11,14H,12-13H2,1-4H3;1-2H3. The van der Waals surface area contributed by atoms with E-state index in [4.69, 9.17) is 4.99 Å². The average Bonchev–Trinajstić information content (AvgIpc) is 2.70. The van der Waals surface area contributed by atoms with Crippen molar-refractivity contribution in [3.05, 3.63) is 53.7 Å². The lowest BCUT2D eigenvalue weighted by atomic mass is 9.95. The molecule has 0 saturated carbocycles. The molecule has 2 heterocycles. The molecular weight excluding hydrogens is 407 g/mol. The third-order valence-electron chi connectivity index (χ3n) is 4.54. The first kappa shape index (κ1) is 24.3. The van der Waals surface area contributed by atoms with Gasteiger partial charge in [-0.2, -0.15) is 13.2 Å². The highest BCUT2D eigenvalue weighted by molar-refractivity contribution is 8.14. The van der Waals surface area contributed by atoms with Gasteiger partial charge in [-0.05, 0) is 35.1 Å². The van der Waals surface area contributed by atoms with E-state index in [1.54, 1.807) is 11.8 Å². The topological polar surface area (TPSA) is 28.5 Å². The predicted octanol–water partition coefficient (Wildman–Crippen LogP) is 7.52. The summed E-state index contributed by atoms with van der Waals surface area (Å²) >= 11 is 1.61. The van der Waals surface area contributed by atoms with Gasteiger partial charge in [0.05, 0.1) is 11.3 Å². The molecule has 0 aliphatic carbocycles. The van der Waals surface area contributed by atoms with Crippen molar-refractivity contribution >= 4 is 28.4 Å². The number of para-hydroxylation sites is 1. The molecule has 7 heteroatoms. The van der Waals surface area contributed by atoms with Gasteiger partial charge in [0.25, 0.3) is 0 Å². The van der Waals surface area contributed by atoms with Crippen LogP contribution in [0.3, 0.4) is 0 Å². The minimum atomic E-state index is -4.39. The molecule has 0 bridgehead atoms. The number of alkyl halides is 3. The van der Waals surface area contributed by atoms with Crippen molar-refractivity contribution in [1.29, 1.82) is 0 Å². The van der Waals surface area contributed by atoms with E-state index in [9.17, 15) is 13.2 Å². The Hall–Kier alpha value is -2.02. The monoisotopic (exact) mass is 437 g/mol. The van der Waals surface area contributed by atoms with E-state index in [-0.39, 0.29) is 5.41 Å². The van der Waals surface area contributed by atoms with Crippen LogP contribution in [0, 0.1) is 5.41 Å². The largest absolute Gasteiger partial charge is 0.417 e. The zero-order valence-electron chi connectivity index (χ0n) is 18.4. The average molecular weight is 438 g/mol. The van der Waals surface area contributed by atoms with E-state index in [0.717, 1.165) is 34.4 Å². The van der Waals surface area contributed by atoms with E-state index >= 15 is 0 Å². The Bertz CT molecular complexity index is 859. The number of pyridine rings is 1. The van der Waals surface area contributed by atoms with Crippen molar-refractivity contribution < 1.29 is 13.2 Å². The Morgan fingerprint density at radius 2 is 1.77 bits per heavy atom.